The summed E-state index contributed by atoms with van der Waals surface area (Å²) in [6.45, 7) is 0. The number of alkyl halides is 3. The maximum absolute atomic E-state index is 12.2. The molecule has 0 saturated heterocycles. The molecule has 0 aliphatic carbocycles. The molecule has 1 heterocycles. The van der Waals surface area contributed by atoms with Gasteiger partial charge in [-0.05, 0) is 42.5 Å². The predicted octanol–water partition coefficient (Wildman–Crippen LogP) is 2.97. The first-order valence-corrected chi connectivity index (χ1v) is 6.67. The molecule has 2 aromatic carbocycles. The normalized spacial score (nSPS) is 12.5. The third-order valence-corrected chi connectivity index (χ3v) is 3.26. The van der Waals surface area contributed by atoms with Crippen molar-refractivity contribution in [1.29, 1.82) is 0 Å². The molecule has 3 rings (SSSR count). The molecule has 4 N–H and O–H groups in total. The number of fused-ring (bicyclic) bond motifs is 1. The van der Waals surface area contributed by atoms with Gasteiger partial charge in [0, 0.05) is 11.1 Å². The highest BCUT2D eigenvalue weighted by Gasteiger charge is 2.31. The lowest BCUT2D eigenvalue weighted by molar-refractivity contribution is -0.274. The summed E-state index contributed by atoms with van der Waals surface area (Å²) in [5.74, 6) is 5.36. The fourth-order valence-electron chi connectivity index (χ4n) is 2.19. The van der Waals surface area contributed by atoms with E-state index in [1.807, 2.05) is 0 Å². The Balaban J connectivity index is 2.00. The average molecular weight is 336 g/mol. The third-order valence-electron chi connectivity index (χ3n) is 3.26. The van der Waals surface area contributed by atoms with Gasteiger partial charge in [0.2, 0.25) is 0 Å². The number of halogens is 3. The lowest BCUT2D eigenvalue weighted by Crippen LogP contribution is -2.16. The summed E-state index contributed by atoms with van der Waals surface area (Å²) >= 11 is 0. The molecule has 9 heteroatoms. The fourth-order valence-corrected chi connectivity index (χ4v) is 2.19. The van der Waals surface area contributed by atoms with Crippen LogP contribution in [0.15, 0.2) is 52.1 Å². The van der Waals surface area contributed by atoms with Gasteiger partial charge in [-0.15, -0.1) is 13.2 Å². The van der Waals surface area contributed by atoms with Crippen LogP contribution in [-0.4, -0.2) is 17.4 Å². The summed E-state index contributed by atoms with van der Waals surface area (Å²) in [6.07, 6.45) is -4.74. The Morgan fingerprint density at radius 2 is 1.83 bits per heavy atom. The van der Waals surface area contributed by atoms with Gasteiger partial charge < -0.3 is 20.8 Å². The summed E-state index contributed by atoms with van der Waals surface area (Å²) < 4.78 is 45.7. The van der Waals surface area contributed by atoms with Crippen LogP contribution < -0.4 is 16.3 Å². The summed E-state index contributed by atoms with van der Waals surface area (Å²) in [4.78, 5) is 0. The zero-order valence-corrected chi connectivity index (χ0v) is 12.0. The molecule has 3 aromatic rings. The summed E-state index contributed by atoms with van der Waals surface area (Å²) in [5, 5.41) is 7.95. The van der Waals surface area contributed by atoms with E-state index in [0.717, 1.165) is 0 Å². The van der Waals surface area contributed by atoms with E-state index < -0.39 is 6.36 Å². The van der Waals surface area contributed by atoms with E-state index >= 15 is 0 Å². The predicted molar refractivity (Wildman–Crippen MR) is 81.0 cm³/mol. The van der Waals surface area contributed by atoms with Crippen molar-refractivity contribution in [3.63, 3.8) is 0 Å². The van der Waals surface area contributed by atoms with Gasteiger partial charge in [0.05, 0.1) is 5.39 Å². The Morgan fingerprint density at radius 3 is 2.46 bits per heavy atom. The second kappa shape index (κ2) is 5.76. The molecule has 0 saturated carbocycles. The van der Waals surface area contributed by atoms with Gasteiger partial charge in [-0.3, -0.25) is 0 Å². The highest BCUT2D eigenvalue weighted by molar-refractivity contribution is 6.02. The minimum atomic E-state index is -4.74. The Morgan fingerprint density at radius 1 is 1.12 bits per heavy atom. The first-order chi connectivity index (χ1) is 11.4. The molecule has 0 spiro atoms. The number of rotatable bonds is 3. The number of nitrogens with zero attached hydrogens (tertiary/aromatic N) is 2. The van der Waals surface area contributed by atoms with Crippen LogP contribution in [0.25, 0.3) is 22.2 Å². The fraction of sp³-hybridized carbons (Fsp3) is 0.0667. The first kappa shape index (κ1) is 15.7. The molecule has 1 aromatic heterocycles. The highest BCUT2D eigenvalue weighted by Crippen LogP contribution is 2.31. The van der Waals surface area contributed by atoms with Crippen LogP contribution in [0.2, 0.25) is 0 Å². The Kier molecular flexibility index (Phi) is 3.76. The number of nitrogens with two attached hydrogens (primary N) is 2. The summed E-state index contributed by atoms with van der Waals surface area (Å²) in [5.41, 5.74) is 7.35. The molecule has 0 fully saturated rings. The van der Waals surface area contributed by atoms with Crippen molar-refractivity contribution < 1.29 is 22.4 Å². The van der Waals surface area contributed by atoms with Gasteiger partial charge in [-0.25, -0.2) is 0 Å². The van der Waals surface area contributed by atoms with Gasteiger partial charge in [0.25, 0.3) is 0 Å². The molecule has 0 aliphatic heterocycles. The summed E-state index contributed by atoms with van der Waals surface area (Å²) in [7, 11) is 0. The van der Waals surface area contributed by atoms with Crippen LogP contribution in [-0.2, 0) is 0 Å². The molecular formula is C15H11F3N4O2. The molecular weight excluding hydrogens is 325 g/mol. The van der Waals surface area contributed by atoms with E-state index in [-0.39, 0.29) is 11.6 Å². The molecule has 0 aliphatic rings. The molecule has 0 amide bonds. The van der Waals surface area contributed by atoms with Crippen LogP contribution in [0.1, 0.15) is 5.56 Å². The van der Waals surface area contributed by atoms with Gasteiger partial charge >= 0.3 is 6.36 Å². The zero-order chi connectivity index (χ0) is 17.3. The van der Waals surface area contributed by atoms with Crippen molar-refractivity contribution >= 4 is 16.7 Å². The number of aromatic nitrogens is 1. The van der Waals surface area contributed by atoms with E-state index in [1.165, 1.54) is 24.3 Å². The van der Waals surface area contributed by atoms with E-state index in [4.69, 9.17) is 16.1 Å². The quantitative estimate of drug-likeness (QED) is 0.331. The third kappa shape index (κ3) is 3.09. The van der Waals surface area contributed by atoms with Gasteiger partial charge in [-0.2, -0.15) is 5.10 Å². The van der Waals surface area contributed by atoms with Crippen molar-refractivity contribution in [2.45, 2.75) is 6.36 Å². The van der Waals surface area contributed by atoms with Crippen molar-refractivity contribution in [1.82, 2.24) is 5.16 Å². The second-order valence-electron chi connectivity index (χ2n) is 4.83. The monoisotopic (exact) mass is 336 g/mol. The molecule has 0 unspecified atom stereocenters. The van der Waals surface area contributed by atoms with Crippen molar-refractivity contribution in [2.75, 3.05) is 0 Å². The zero-order valence-electron chi connectivity index (χ0n) is 12.0. The standard InChI is InChI=1S/C15H11F3N4O2/c16-15(17,18)23-10-4-1-8(2-5-10)13-11-7-9(14(19)21-20)3-6-12(11)22-24-13/h1-7H,20H2,(H2,19,21). The Labute approximate surface area is 133 Å². The Hall–Kier alpha value is -3.23. The maximum atomic E-state index is 12.2. The topological polar surface area (TPSA) is 99.7 Å². The molecule has 6 nitrogen and oxygen atoms in total. The molecule has 24 heavy (non-hydrogen) atoms. The van der Waals surface area contributed by atoms with Gasteiger partial charge in [0.15, 0.2) is 5.76 Å². The SMILES string of the molecule is N/N=C(\N)c1ccc2noc(-c3ccc(OC(F)(F)F)cc3)c2c1. The lowest BCUT2D eigenvalue weighted by atomic mass is 10.1. The second-order valence-corrected chi connectivity index (χ2v) is 4.83. The highest BCUT2D eigenvalue weighted by atomic mass is 19.4. The number of hydrazone groups is 1. The van der Waals surface area contributed by atoms with Gasteiger partial charge in [-0.1, -0.05) is 5.16 Å². The first-order valence-electron chi connectivity index (χ1n) is 6.67. The smallest absolute Gasteiger partial charge is 0.406 e. The van der Waals surface area contributed by atoms with Crippen molar-refractivity contribution in [3.05, 3.63) is 48.0 Å². The largest absolute Gasteiger partial charge is 0.573 e. The number of hydrogen-bond donors (Lipinski definition) is 2. The van der Waals surface area contributed by atoms with Crippen molar-refractivity contribution in [3.8, 4) is 17.1 Å². The van der Waals surface area contributed by atoms with E-state index in [2.05, 4.69) is 15.0 Å². The average Bonchev–Trinajstić information content (AvgIpc) is 2.96. The summed E-state index contributed by atoms with van der Waals surface area (Å²) in [6, 6.07) is 10.3. The molecule has 0 bridgehead atoms. The van der Waals surface area contributed by atoms with Crippen LogP contribution in [0.3, 0.4) is 0 Å². The van der Waals surface area contributed by atoms with E-state index in [9.17, 15) is 13.2 Å². The lowest BCUT2D eigenvalue weighted by Gasteiger charge is -2.08. The number of amidine groups is 1. The molecule has 0 radical (unpaired) electrons. The minimum Gasteiger partial charge on any atom is -0.406 e. The number of hydrogen-bond acceptors (Lipinski definition) is 5. The number of ether oxygens (including phenoxy) is 1. The van der Waals surface area contributed by atoms with Gasteiger partial charge in [0.1, 0.15) is 17.1 Å². The molecule has 124 valence electrons. The Bertz CT molecular complexity index is 901. The van der Waals surface area contributed by atoms with E-state index in [1.54, 1.807) is 18.2 Å². The van der Waals surface area contributed by atoms with Crippen LogP contribution in [0, 0.1) is 0 Å². The van der Waals surface area contributed by atoms with E-state index in [0.29, 0.717) is 27.8 Å². The molecule has 0 atom stereocenters. The van der Waals surface area contributed by atoms with Crippen LogP contribution >= 0.6 is 0 Å². The van der Waals surface area contributed by atoms with Crippen LogP contribution in [0.5, 0.6) is 5.75 Å². The minimum absolute atomic E-state index is 0.137. The van der Waals surface area contributed by atoms with Crippen LogP contribution in [0.4, 0.5) is 13.2 Å². The van der Waals surface area contributed by atoms with Crippen molar-refractivity contribution in [2.24, 2.45) is 16.7 Å². The number of benzene rings is 2. The maximum Gasteiger partial charge on any atom is 0.573 e.